The third-order valence-electron chi connectivity index (χ3n) is 6.19. The van der Waals surface area contributed by atoms with Crippen LogP contribution >= 0.6 is 0 Å². The lowest BCUT2D eigenvalue weighted by Crippen LogP contribution is -2.47. The maximum Gasteiger partial charge on any atom is 0.329 e. The molecule has 160 valence electrons. The van der Waals surface area contributed by atoms with E-state index in [2.05, 4.69) is 11.9 Å². The largest absolute Gasteiger partial charge is 0.335 e. The zero-order chi connectivity index (χ0) is 21.1. The van der Waals surface area contributed by atoms with Crippen molar-refractivity contribution in [2.45, 2.75) is 51.6 Å². The lowest BCUT2D eigenvalue weighted by molar-refractivity contribution is 0.0725. The normalized spacial score (nSPS) is 17.8. The predicted octanol–water partition coefficient (Wildman–Crippen LogP) is 3.44. The summed E-state index contributed by atoms with van der Waals surface area (Å²) in [6.07, 6.45) is 5.43. The maximum atomic E-state index is 13.7. The van der Waals surface area contributed by atoms with Crippen LogP contribution in [-0.4, -0.2) is 46.1 Å². The summed E-state index contributed by atoms with van der Waals surface area (Å²) in [4.78, 5) is 29.3. The quantitative estimate of drug-likeness (QED) is 0.771. The molecule has 2 heterocycles. The molecule has 2 fully saturated rings. The number of rotatable bonds is 5. The molecule has 4 rings (SSSR count). The lowest BCUT2D eigenvalue weighted by atomic mass is 9.94. The SMILES string of the molecule is C=C(C)Cn1c(C(=O)N2CCNCC2)c(-c2ccccc2)n(C2CCCCC2)c1=O. The molecule has 6 nitrogen and oxygen atoms in total. The number of nitrogens with zero attached hydrogens (tertiary/aromatic N) is 3. The Labute approximate surface area is 178 Å². The lowest BCUT2D eigenvalue weighted by Gasteiger charge is -2.28. The fourth-order valence-corrected chi connectivity index (χ4v) is 4.76. The molecule has 1 aromatic carbocycles. The molecule has 2 aliphatic rings. The van der Waals surface area contributed by atoms with Gasteiger partial charge in [0.05, 0.1) is 5.69 Å². The Balaban J connectivity index is 1.93. The van der Waals surface area contributed by atoms with E-state index in [4.69, 9.17) is 0 Å². The van der Waals surface area contributed by atoms with Gasteiger partial charge < -0.3 is 10.2 Å². The van der Waals surface area contributed by atoms with Crippen LogP contribution in [0.25, 0.3) is 11.3 Å². The van der Waals surface area contributed by atoms with Crippen LogP contribution in [0.1, 0.15) is 55.6 Å². The Hall–Kier alpha value is -2.60. The topological polar surface area (TPSA) is 59.3 Å². The zero-order valence-corrected chi connectivity index (χ0v) is 17.9. The van der Waals surface area contributed by atoms with Gasteiger partial charge in [0.25, 0.3) is 5.91 Å². The first-order valence-corrected chi connectivity index (χ1v) is 11.1. The van der Waals surface area contributed by atoms with Crippen molar-refractivity contribution in [3.63, 3.8) is 0 Å². The molecule has 0 radical (unpaired) electrons. The van der Waals surface area contributed by atoms with Gasteiger partial charge in [-0.2, -0.15) is 0 Å². The molecule has 0 unspecified atom stereocenters. The van der Waals surface area contributed by atoms with Gasteiger partial charge in [0.2, 0.25) is 0 Å². The predicted molar refractivity (Wildman–Crippen MR) is 120 cm³/mol. The molecule has 1 aliphatic heterocycles. The first-order chi connectivity index (χ1) is 14.6. The summed E-state index contributed by atoms with van der Waals surface area (Å²) in [5, 5.41) is 3.30. The number of carbonyl (C=O) groups is 1. The molecule has 1 amide bonds. The third-order valence-corrected chi connectivity index (χ3v) is 6.19. The average molecular weight is 409 g/mol. The molecule has 1 aliphatic carbocycles. The molecular formula is C24H32N4O2. The highest BCUT2D eigenvalue weighted by Crippen LogP contribution is 2.34. The fraction of sp³-hybridized carbons (Fsp3) is 0.500. The van der Waals surface area contributed by atoms with Gasteiger partial charge >= 0.3 is 5.69 Å². The number of imidazole rings is 1. The van der Waals surface area contributed by atoms with Gasteiger partial charge in [-0.05, 0) is 19.8 Å². The molecule has 1 N–H and O–H groups in total. The second-order valence-electron chi connectivity index (χ2n) is 8.59. The van der Waals surface area contributed by atoms with Gasteiger partial charge in [0.1, 0.15) is 5.69 Å². The molecule has 0 atom stereocenters. The van der Waals surface area contributed by atoms with E-state index in [1.165, 1.54) is 6.42 Å². The summed E-state index contributed by atoms with van der Waals surface area (Å²) >= 11 is 0. The molecule has 0 spiro atoms. The van der Waals surface area contributed by atoms with E-state index in [0.717, 1.165) is 55.6 Å². The number of hydrogen-bond donors (Lipinski definition) is 1. The molecule has 2 aromatic rings. The van der Waals surface area contributed by atoms with Crippen LogP contribution in [0.2, 0.25) is 0 Å². The molecule has 1 saturated heterocycles. The molecular weight excluding hydrogens is 376 g/mol. The summed E-state index contributed by atoms with van der Waals surface area (Å²) in [5.41, 5.74) is 3.01. The van der Waals surface area contributed by atoms with Crippen molar-refractivity contribution < 1.29 is 4.79 Å². The van der Waals surface area contributed by atoms with Crippen molar-refractivity contribution in [1.29, 1.82) is 0 Å². The van der Waals surface area contributed by atoms with Crippen molar-refractivity contribution in [3.05, 3.63) is 58.7 Å². The van der Waals surface area contributed by atoms with E-state index in [0.29, 0.717) is 25.3 Å². The first-order valence-electron chi connectivity index (χ1n) is 11.1. The first kappa shape index (κ1) is 20.7. The Bertz CT molecular complexity index is 961. The van der Waals surface area contributed by atoms with E-state index in [-0.39, 0.29) is 17.6 Å². The van der Waals surface area contributed by atoms with E-state index in [1.54, 1.807) is 4.57 Å². The van der Waals surface area contributed by atoms with E-state index < -0.39 is 0 Å². The second kappa shape index (κ2) is 9.04. The highest BCUT2D eigenvalue weighted by Gasteiger charge is 2.32. The number of nitrogens with one attached hydrogen (secondary N) is 1. The molecule has 1 aromatic heterocycles. The van der Waals surface area contributed by atoms with Crippen LogP contribution < -0.4 is 11.0 Å². The highest BCUT2D eigenvalue weighted by atomic mass is 16.2. The van der Waals surface area contributed by atoms with Crippen LogP contribution in [0.4, 0.5) is 0 Å². The van der Waals surface area contributed by atoms with Gasteiger partial charge in [-0.1, -0.05) is 61.7 Å². The Morgan fingerprint density at radius 3 is 2.40 bits per heavy atom. The van der Waals surface area contributed by atoms with Gasteiger partial charge in [0, 0.05) is 44.3 Å². The minimum Gasteiger partial charge on any atom is -0.335 e. The number of allylic oxidation sites excluding steroid dienone is 1. The van der Waals surface area contributed by atoms with Crippen LogP contribution in [0.3, 0.4) is 0 Å². The fourth-order valence-electron chi connectivity index (χ4n) is 4.76. The monoisotopic (exact) mass is 408 g/mol. The van der Waals surface area contributed by atoms with E-state index >= 15 is 0 Å². The molecule has 6 heteroatoms. The van der Waals surface area contributed by atoms with Crippen LogP contribution in [-0.2, 0) is 6.54 Å². The summed E-state index contributed by atoms with van der Waals surface area (Å²) in [6.45, 7) is 9.17. The van der Waals surface area contributed by atoms with Gasteiger partial charge in [-0.25, -0.2) is 4.79 Å². The van der Waals surface area contributed by atoms with E-state index in [1.807, 2.05) is 46.7 Å². The smallest absolute Gasteiger partial charge is 0.329 e. The minimum absolute atomic E-state index is 0.0525. The standard InChI is InChI=1S/C24H32N4O2/c1-18(2)17-27-22(23(29)26-15-13-25-14-16-26)21(19-9-5-3-6-10-19)28(24(27)30)20-11-7-4-8-12-20/h3,5-6,9-10,20,25H,1,4,7-8,11-17H2,2H3. The zero-order valence-electron chi connectivity index (χ0n) is 17.9. The molecule has 1 saturated carbocycles. The van der Waals surface area contributed by atoms with Crippen LogP contribution in [0.15, 0.2) is 47.3 Å². The van der Waals surface area contributed by atoms with Crippen LogP contribution in [0.5, 0.6) is 0 Å². The Morgan fingerprint density at radius 1 is 1.10 bits per heavy atom. The van der Waals surface area contributed by atoms with Crippen molar-refractivity contribution in [3.8, 4) is 11.3 Å². The summed E-state index contributed by atoms with van der Waals surface area (Å²) in [5.74, 6) is -0.0525. The molecule has 0 bridgehead atoms. The summed E-state index contributed by atoms with van der Waals surface area (Å²) in [6, 6.07) is 10.1. The van der Waals surface area contributed by atoms with Gasteiger partial charge in [-0.15, -0.1) is 0 Å². The number of amides is 1. The molecule has 30 heavy (non-hydrogen) atoms. The highest BCUT2D eigenvalue weighted by molar-refractivity contribution is 5.99. The second-order valence-corrected chi connectivity index (χ2v) is 8.59. The van der Waals surface area contributed by atoms with Crippen molar-refractivity contribution in [2.24, 2.45) is 0 Å². The van der Waals surface area contributed by atoms with Crippen LogP contribution in [0, 0.1) is 0 Å². The average Bonchev–Trinajstić information content (AvgIpc) is 3.06. The van der Waals surface area contributed by atoms with Crippen molar-refractivity contribution >= 4 is 5.91 Å². The Morgan fingerprint density at radius 2 is 1.77 bits per heavy atom. The van der Waals surface area contributed by atoms with Gasteiger partial charge in [-0.3, -0.25) is 13.9 Å². The number of hydrogen-bond acceptors (Lipinski definition) is 3. The van der Waals surface area contributed by atoms with Crippen molar-refractivity contribution in [1.82, 2.24) is 19.4 Å². The van der Waals surface area contributed by atoms with E-state index in [9.17, 15) is 9.59 Å². The minimum atomic E-state index is -0.0813. The number of piperazine rings is 1. The van der Waals surface area contributed by atoms with Gasteiger partial charge in [0.15, 0.2) is 0 Å². The summed E-state index contributed by atoms with van der Waals surface area (Å²) in [7, 11) is 0. The number of benzene rings is 1. The number of carbonyl (C=O) groups excluding carboxylic acids is 1. The Kier molecular flexibility index (Phi) is 6.23. The maximum absolute atomic E-state index is 13.7. The third kappa shape index (κ3) is 4.01. The number of aromatic nitrogens is 2. The van der Waals surface area contributed by atoms with Crippen molar-refractivity contribution in [2.75, 3.05) is 26.2 Å². The summed E-state index contributed by atoms with van der Waals surface area (Å²) < 4.78 is 3.59.